The van der Waals surface area contributed by atoms with Crippen molar-refractivity contribution in [1.82, 2.24) is 9.80 Å². The molecule has 0 aliphatic carbocycles. The standard InChI is InChI=1S/C16H21ClN2O3/c1-11(22-13-8-6-12(17)7-9-13)15(20)19-10-4-5-14(19)16(21)18(2)3/h6-9,11,14H,4-5,10H2,1-3H3. The van der Waals surface area contributed by atoms with E-state index < -0.39 is 6.10 Å². The summed E-state index contributed by atoms with van der Waals surface area (Å²) in [4.78, 5) is 27.9. The third-order valence-corrected chi connectivity index (χ3v) is 3.99. The summed E-state index contributed by atoms with van der Waals surface area (Å²) in [6.07, 6.45) is 0.900. The van der Waals surface area contributed by atoms with Crippen LogP contribution in [0.4, 0.5) is 0 Å². The Hall–Kier alpha value is -1.75. The van der Waals surface area contributed by atoms with Gasteiger partial charge >= 0.3 is 0 Å². The van der Waals surface area contributed by atoms with Crippen LogP contribution in [0.25, 0.3) is 0 Å². The van der Waals surface area contributed by atoms with E-state index in [-0.39, 0.29) is 17.9 Å². The molecule has 0 aromatic heterocycles. The lowest BCUT2D eigenvalue weighted by Gasteiger charge is -2.28. The van der Waals surface area contributed by atoms with Crippen molar-refractivity contribution in [2.75, 3.05) is 20.6 Å². The second kappa shape index (κ2) is 7.01. The molecule has 2 amide bonds. The molecular weight excluding hydrogens is 304 g/mol. The zero-order valence-corrected chi connectivity index (χ0v) is 13.8. The molecule has 0 spiro atoms. The van der Waals surface area contributed by atoms with E-state index in [1.807, 2.05) is 0 Å². The fraction of sp³-hybridized carbons (Fsp3) is 0.500. The molecule has 5 nitrogen and oxygen atoms in total. The van der Waals surface area contributed by atoms with Crippen molar-refractivity contribution in [3.63, 3.8) is 0 Å². The van der Waals surface area contributed by atoms with Gasteiger partial charge in [0.25, 0.3) is 5.91 Å². The van der Waals surface area contributed by atoms with Crippen LogP contribution >= 0.6 is 11.6 Å². The maximum atomic E-state index is 12.6. The molecule has 22 heavy (non-hydrogen) atoms. The first-order chi connectivity index (χ1) is 10.4. The Labute approximate surface area is 135 Å². The van der Waals surface area contributed by atoms with Crippen LogP contribution in [0.15, 0.2) is 24.3 Å². The first-order valence-corrected chi connectivity index (χ1v) is 7.72. The van der Waals surface area contributed by atoms with E-state index in [2.05, 4.69) is 0 Å². The molecular formula is C16H21ClN2O3. The Bertz CT molecular complexity index is 545. The molecule has 1 saturated heterocycles. The fourth-order valence-electron chi connectivity index (χ4n) is 2.59. The lowest BCUT2D eigenvalue weighted by Crippen LogP contribution is -2.49. The minimum Gasteiger partial charge on any atom is -0.481 e. The second-order valence-electron chi connectivity index (χ2n) is 5.64. The van der Waals surface area contributed by atoms with Gasteiger partial charge in [0.2, 0.25) is 5.91 Å². The molecule has 1 aliphatic heterocycles. The Kier molecular flexibility index (Phi) is 5.29. The lowest BCUT2D eigenvalue weighted by atomic mass is 10.2. The summed E-state index contributed by atoms with van der Waals surface area (Å²) in [5.74, 6) is 0.386. The van der Waals surface area contributed by atoms with Crippen molar-refractivity contribution >= 4 is 23.4 Å². The summed E-state index contributed by atoms with van der Waals surface area (Å²) in [6, 6.07) is 6.49. The van der Waals surface area contributed by atoms with Crippen molar-refractivity contribution in [3.05, 3.63) is 29.3 Å². The van der Waals surface area contributed by atoms with Gasteiger partial charge in [-0.05, 0) is 44.0 Å². The number of ether oxygens (including phenoxy) is 1. The number of nitrogens with zero attached hydrogens (tertiary/aromatic N) is 2. The van der Waals surface area contributed by atoms with Crippen LogP contribution in [0.3, 0.4) is 0 Å². The molecule has 2 rings (SSSR count). The monoisotopic (exact) mass is 324 g/mol. The predicted molar refractivity (Wildman–Crippen MR) is 85.0 cm³/mol. The molecule has 6 heteroatoms. The first-order valence-electron chi connectivity index (χ1n) is 7.34. The van der Waals surface area contributed by atoms with Crippen molar-refractivity contribution in [1.29, 1.82) is 0 Å². The molecule has 0 saturated carbocycles. The average Bonchev–Trinajstić information content (AvgIpc) is 2.97. The van der Waals surface area contributed by atoms with Gasteiger partial charge in [-0.15, -0.1) is 0 Å². The smallest absolute Gasteiger partial charge is 0.264 e. The number of amides is 2. The van der Waals surface area contributed by atoms with Gasteiger partial charge in [-0.25, -0.2) is 0 Å². The number of benzene rings is 1. The molecule has 2 atom stereocenters. The second-order valence-corrected chi connectivity index (χ2v) is 6.07. The minimum absolute atomic E-state index is 0.0375. The van der Waals surface area contributed by atoms with Gasteiger partial charge in [0.15, 0.2) is 6.10 Å². The molecule has 1 heterocycles. The van der Waals surface area contributed by atoms with E-state index >= 15 is 0 Å². The quantitative estimate of drug-likeness (QED) is 0.853. The number of halogens is 1. The highest BCUT2D eigenvalue weighted by Gasteiger charge is 2.37. The Balaban J connectivity index is 2.03. The summed E-state index contributed by atoms with van der Waals surface area (Å²) in [5.41, 5.74) is 0. The minimum atomic E-state index is -0.642. The van der Waals surface area contributed by atoms with Gasteiger partial charge in [-0.2, -0.15) is 0 Å². The van der Waals surface area contributed by atoms with Gasteiger partial charge in [-0.3, -0.25) is 9.59 Å². The molecule has 1 aromatic rings. The molecule has 1 fully saturated rings. The molecule has 0 radical (unpaired) electrons. The maximum absolute atomic E-state index is 12.6. The third-order valence-electron chi connectivity index (χ3n) is 3.74. The number of rotatable bonds is 4. The topological polar surface area (TPSA) is 49.9 Å². The summed E-state index contributed by atoms with van der Waals surface area (Å²) in [7, 11) is 3.41. The number of likely N-dealkylation sites (tertiary alicyclic amines) is 1. The third kappa shape index (κ3) is 3.71. The largest absolute Gasteiger partial charge is 0.481 e. The van der Waals surface area contributed by atoms with Crippen LogP contribution in [-0.4, -0.2) is 54.4 Å². The lowest BCUT2D eigenvalue weighted by molar-refractivity contribution is -0.146. The van der Waals surface area contributed by atoms with E-state index in [0.717, 1.165) is 6.42 Å². The highest BCUT2D eigenvalue weighted by molar-refractivity contribution is 6.30. The van der Waals surface area contributed by atoms with Crippen LogP contribution in [0.2, 0.25) is 5.02 Å². The summed E-state index contributed by atoms with van der Waals surface area (Å²) >= 11 is 5.83. The number of carbonyl (C=O) groups is 2. The van der Waals surface area contributed by atoms with Crippen LogP contribution in [0.5, 0.6) is 5.75 Å². The van der Waals surface area contributed by atoms with E-state index in [9.17, 15) is 9.59 Å². The van der Waals surface area contributed by atoms with Crippen LogP contribution in [0, 0.1) is 0 Å². The average molecular weight is 325 g/mol. The normalized spacial score (nSPS) is 18.9. The van der Waals surface area contributed by atoms with E-state index in [1.54, 1.807) is 50.2 Å². The maximum Gasteiger partial charge on any atom is 0.264 e. The first kappa shape index (κ1) is 16.6. The molecule has 2 unspecified atom stereocenters. The van der Waals surface area contributed by atoms with Crippen molar-refractivity contribution in [3.8, 4) is 5.75 Å². The van der Waals surface area contributed by atoms with Gasteiger partial charge in [0.1, 0.15) is 11.8 Å². The summed E-state index contributed by atoms with van der Waals surface area (Å²) < 4.78 is 5.66. The van der Waals surface area contributed by atoms with Gasteiger partial charge in [0.05, 0.1) is 0 Å². The summed E-state index contributed by atoms with van der Waals surface area (Å²) in [5, 5.41) is 0.613. The van der Waals surface area contributed by atoms with Gasteiger partial charge < -0.3 is 14.5 Å². The Morgan fingerprint density at radius 1 is 1.32 bits per heavy atom. The molecule has 0 N–H and O–H groups in total. The molecule has 1 aromatic carbocycles. The predicted octanol–water partition coefficient (Wildman–Crippen LogP) is 2.19. The highest BCUT2D eigenvalue weighted by Crippen LogP contribution is 2.22. The fourth-order valence-corrected chi connectivity index (χ4v) is 2.71. The number of carbonyl (C=O) groups excluding carboxylic acids is 2. The van der Waals surface area contributed by atoms with E-state index in [4.69, 9.17) is 16.3 Å². The van der Waals surface area contributed by atoms with Gasteiger partial charge in [0, 0.05) is 25.7 Å². The number of hydrogen-bond acceptors (Lipinski definition) is 3. The zero-order valence-electron chi connectivity index (χ0n) is 13.1. The van der Waals surface area contributed by atoms with Crippen molar-refractivity contribution in [2.24, 2.45) is 0 Å². The van der Waals surface area contributed by atoms with Crippen LogP contribution in [0.1, 0.15) is 19.8 Å². The molecule has 120 valence electrons. The van der Waals surface area contributed by atoms with Crippen LogP contribution < -0.4 is 4.74 Å². The van der Waals surface area contributed by atoms with Crippen molar-refractivity contribution in [2.45, 2.75) is 31.9 Å². The van der Waals surface area contributed by atoms with E-state index in [1.165, 1.54) is 4.90 Å². The van der Waals surface area contributed by atoms with E-state index in [0.29, 0.717) is 23.7 Å². The van der Waals surface area contributed by atoms with Crippen molar-refractivity contribution < 1.29 is 14.3 Å². The Morgan fingerprint density at radius 2 is 1.95 bits per heavy atom. The number of likely N-dealkylation sites (N-methyl/N-ethyl adjacent to an activating group) is 1. The Morgan fingerprint density at radius 3 is 2.55 bits per heavy atom. The van der Waals surface area contributed by atoms with Crippen LogP contribution in [-0.2, 0) is 9.59 Å². The number of hydrogen-bond donors (Lipinski definition) is 0. The zero-order chi connectivity index (χ0) is 16.3. The summed E-state index contributed by atoms with van der Waals surface area (Å²) in [6.45, 7) is 2.30. The highest BCUT2D eigenvalue weighted by atomic mass is 35.5. The molecule has 0 bridgehead atoms. The molecule has 1 aliphatic rings. The van der Waals surface area contributed by atoms with Gasteiger partial charge in [-0.1, -0.05) is 11.6 Å². The SMILES string of the molecule is CC(Oc1ccc(Cl)cc1)C(=O)N1CCCC1C(=O)N(C)C.